The van der Waals surface area contributed by atoms with E-state index in [4.69, 9.17) is 16.3 Å². The largest absolute Gasteiger partial charge is 0.486 e. The fraction of sp³-hybridized carbons (Fsp3) is 0.211. The third kappa shape index (κ3) is 5.02. The van der Waals surface area contributed by atoms with Crippen molar-refractivity contribution in [2.24, 2.45) is 7.05 Å². The molecule has 0 aliphatic rings. The van der Waals surface area contributed by atoms with E-state index in [1.807, 2.05) is 31.2 Å². The number of rotatable bonds is 7. The molecule has 1 aromatic heterocycles. The maximum absolute atomic E-state index is 13.2. The Morgan fingerprint density at radius 3 is 2.82 bits per heavy atom. The van der Waals surface area contributed by atoms with Crippen LogP contribution in [0.15, 0.2) is 47.6 Å². The predicted molar refractivity (Wildman–Crippen MR) is 107 cm³/mol. The minimum absolute atomic E-state index is 0.00799. The highest BCUT2D eigenvalue weighted by Gasteiger charge is 2.13. The van der Waals surface area contributed by atoms with Crippen LogP contribution in [0.1, 0.15) is 11.4 Å². The van der Waals surface area contributed by atoms with Gasteiger partial charge in [0.25, 0.3) is 0 Å². The van der Waals surface area contributed by atoms with Gasteiger partial charge >= 0.3 is 0 Å². The van der Waals surface area contributed by atoms with Crippen molar-refractivity contribution in [2.45, 2.75) is 18.7 Å². The maximum atomic E-state index is 13.2. The van der Waals surface area contributed by atoms with E-state index in [1.54, 1.807) is 11.6 Å². The molecule has 0 radical (unpaired) electrons. The number of aryl methyl sites for hydroxylation is 1. The number of nitrogens with zero attached hydrogens (tertiary/aromatic N) is 3. The lowest BCUT2D eigenvalue weighted by Gasteiger charge is -2.08. The Morgan fingerprint density at radius 2 is 2.07 bits per heavy atom. The van der Waals surface area contributed by atoms with Gasteiger partial charge in [0.15, 0.2) is 11.0 Å². The van der Waals surface area contributed by atoms with Gasteiger partial charge in [-0.3, -0.25) is 4.79 Å². The van der Waals surface area contributed by atoms with Gasteiger partial charge in [0.05, 0.1) is 10.8 Å². The minimum Gasteiger partial charge on any atom is -0.486 e. The molecule has 2 aromatic carbocycles. The summed E-state index contributed by atoms with van der Waals surface area (Å²) in [6.07, 6.45) is 0. The van der Waals surface area contributed by atoms with Gasteiger partial charge in [0.1, 0.15) is 18.2 Å². The Bertz CT molecular complexity index is 996. The van der Waals surface area contributed by atoms with E-state index in [1.165, 1.54) is 30.0 Å². The number of hydrogen-bond donors (Lipinski definition) is 1. The summed E-state index contributed by atoms with van der Waals surface area (Å²) in [5, 5.41) is 11.6. The van der Waals surface area contributed by atoms with E-state index in [9.17, 15) is 9.18 Å². The first-order chi connectivity index (χ1) is 13.4. The summed E-state index contributed by atoms with van der Waals surface area (Å²) >= 11 is 7.02. The zero-order valence-electron chi connectivity index (χ0n) is 15.3. The first-order valence-corrected chi connectivity index (χ1v) is 9.75. The number of hydrogen-bond acceptors (Lipinski definition) is 5. The van der Waals surface area contributed by atoms with Gasteiger partial charge in [-0.25, -0.2) is 4.39 Å². The lowest BCUT2D eigenvalue weighted by molar-refractivity contribution is -0.113. The van der Waals surface area contributed by atoms with Crippen LogP contribution in [-0.4, -0.2) is 26.4 Å². The standard InChI is InChI=1S/C19H18ClFN4O2S/c1-12-5-3-4-6-16(12)22-18(26)11-28-19-24-23-17(25(19)2)10-27-13-7-8-15(21)14(20)9-13/h3-9H,10-11H2,1-2H3,(H,22,26). The van der Waals surface area contributed by atoms with Crippen molar-refractivity contribution < 1.29 is 13.9 Å². The second-order valence-corrected chi connectivity index (χ2v) is 7.32. The van der Waals surface area contributed by atoms with Crippen LogP contribution in [0.5, 0.6) is 5.75 Å². The number of carbonyl (C=O) groups excluding carboxylic acids is 1. The third-order valence-corrected chi connectivity index (χ3v) is 5.25. The molecule has 0 bridgehead atoms. The number of para-hydroxylation sites is 1. The lowest BCUT2D eigenvalue weighted by atomic mass is 10.2. The van der Waals surface area contributed by atoms with E-state index in [-0.39, 0.29) is 23.3 Å². The molecule has 0 unspecified atom stereocenters. The number of ether oxygens (including phenoxy) is 1. The molecule has 0 spiro atoms. The van der Waals surface area contributed by atoms with Crippen molar-refractivity contribution in [1.29, 1.82) is 0 Å². The van der Waals surface area contributed by atoms with Gasteiger partial charge in [0, 0.05) is 18.8 Å². The Hall–Kier alpha value is -2.58. The van der Waals surface area contributed by atoms with Gasteiger partial charge in [0.2, 0.25) is 5.91 Å². The second kappa shape index (κ2) is 9.07. The average Bonchev–Trinajstić information content (AvgIpc) is 3.03. The molecule has 0 fully saturated rings. The SMILES string of the molecule is Cc1ccccc1NC(=O)CSc1nnc(COc2ccc(F)c(Cl)c2)n1C. The van der Waals surface area contributed by atoms with Crippen LogP contribution in [-0.2, 0) is 18.4 Å². The normalized spacial score (nSPS) is 10.7. The fourth-order valence-electron chi connectivity index (χ4n) is 2.34. The quantitative estimate of drug-likeness (QED) is 0.579. The van der Waals surface area contributed by atoms with Crippen molar-refractivity contribution in [1.82, 2.24) is 14.8 Å². The number of thioether (sulfide) groups is 1. The molecule has 0 saturated heterocycles. The predicted octanol–water partition coefficient (Wildman–Crippen LogP) is 4.23. The molecule has 3 aromatic rings. The van der Waals surface area contributed by atoms with Crippen LogP contribution in [0.3, 0.4) is 0 Å². The summed E-state index contributed by atoms with van der Waals surface area (Å²) in [4.78, 5) is 12.2. The van der Waals surface area contributed by atoms with E-state index in [2.05, 4.69) is 15.5 Å². The number of halogens is 2. The van der Waals surface area contributed by atoms with Crippen molar-refractivity contribution >= 4 is 35.0 Å². The molecule has 0 aliphatic carbocycles. The molecule has 9 heteroatoms. The average molecular weight is 421 g/mol. The van der Waals surface area contributed by atoms with Crippen LogP contribution in [0.25, 0.3) is 0 Å². The summed E-state index contributed by atoms with van der Waals surface area (Å²) in [7, 11) is 1.79. The molecule has 0 saturated carbocycles. The Kier molecular flexibility index (Phi) is 6.53. The summed E-state index contributed by atoms with van der Waals surface area (Å²) in [5.41, 5.74) is 1.79. The Morgan fingerprint density at radius 1 is 1.29 bits per heavy atom. The number of carbonyl (C=O) groups is 1. The zero-order chi connectivity index (χ0) is 20.1. The minimum atomic E-state index is -0.504. The molecule has 3 rings (SSSR count). The van der Waals surface area contributed by atoms with Crippen molar-refractivity contribution in [3.05, 3.63) is 64.7 Å². The maximum Gasteiger partial charge on any atom is 0.234 e. The first-order valence-electron chi connectivity index (χ1n) is 8.38. The summed E-state index contributed by atoms with van der Waals surface area (Å²) in [5.74, 6) is 0.578. The van der Waals surface area contributed by atoms with Crippen LogP contribution >= 0.6 is 23.4 Å². The van der Waals surface area contributed by atoms with Gasteiger partial charge in [-0.2, -0.15) is 0 Å². The fourth-order valence-corrected chi connectivity index (χ4v) is 3.24. The summed E-state index contributed by atoms with van der Waals surface area (Å²) in [6, 6.07) is 11.7. The summed E-state index contributed by atoms with van der Waals surface area (Å²) in [6.45, 7) is 2.08. The van der Waals surface area contributed by atoms with Crippen LogP contribution < -0.4 is 10.1 Å². The topological polar surface area (TPSA) is 69.0 Å². The highest BCUT2D eigenvalue weighted by molar-refractivity contribution is 7.99. The van der Waals surface area contributed by atoms with Crippen LogP contribution in [0.2, 0.25) is 5.02 Å². The van der Waals surface area contributed by atoms with Crippen molar-refractivity contribution in [3.8, 4) is 5.75 Å². The summed E-state index contributed by atoms with van der Waals surface area (Å²) < 4.78 is 20.5. The van der Waals surface area contributed by atoms with Crippen molar-refractivity contribution in [2.75, 3.05) is 11.1 Å². The molecule has 1 heterocycles. The van der Waals surface area contributed by atoms with Crippen LogP contribution in [0, 0.1) is 12.7 Å². The van der Waals surface area contributed by atoms with Gasteiger partial charge < -0.3 is 14.6 Å². The first kappa shape index (κ1) is 20.2. The Balaban J connectivity index is 1.54. The second-order valence-electron chi connectivity index (χ2n) is 5.97. The number of benzene rings is 2. The molecule has 146 valence electrons. The molecule has 28 heavy (non-hydrogen) atoms. The highest BCUT2D eigenvalue weighted by Crippen LogP contribution is 2.22. The Labute approximate surface area is 171 Å². The number of aromatic nitrogens is 3. The van der Waals surface area contributed by atoms with E-state index in [0.29, 0.717) is 16.7 Å². The highest BCUT2D eigenvalue weighted by atomic mass is 35.5. The smallest absolute Gasteiger partial charge is 0.234 e. The van der Waals surface area contributed by atoms with Crippen LogP contribution in [0.4, 0.5) is 10.1 Å². The third-order valence-electron chi connectivity index (χ3n) is 3.94. The number of amides is 1. The number of nitrogens with one attached hydrogen (secondary N) is 1. The monoisotopic (exact) mass is 420 g/mol. The molecule has 1 amide bonds. The molecule has 1 N–H and O–H groups in total. The molecular weight excluding hydrogens is 403 g/mol. The van der Waals surface area contributed by atoms with E-state index in [0.717, 1.165) is 11.3 Å². The molecule has 0 atom stereocenters. The van der Waals surface area contributed by atoms with Gasteiger partial charge in [-0.05, 0) is 30.7 Å². The van der Waals surface area contributed by atoms with Gasteiger partial charge in [-0.15, -0.1) is 10.2 Å². The molecular formula is C19H18ClFN4O2S. The zero-order valence-corrected chi connectivity index (χ0v) is 16.9. The van der Waals surface area contributed by atoms with Crippen molar-refractivity contribution in [3.63, 3.8) is 0 Å². The number of anilines is 1. The molecule has 6 nitrogen and oxygen atoms in total. The lowest BCUT2D eigenvalue weighted by Crippen LogP contribution is -2.15. The van der Waals surface area contributed by atoms with E-state index >= 15 is 0 Å². The van der Waals surface area contributed by atoms with E-state index < -0.39 is 5.82 Å². The van der Waals surface area contributed by atoms with Gasteiger partial charge in [-0.1, -0.05) is 41.6 Å². The molecule has 0 aliphatic heterocycles.